The molecule has 7 nitrogen and oxygen atoms in total. The molecular weight excluding hydrogens is 371 g/mol. The Bertz CT molecular complexity index is 975. The van der Waals surface area contributed by atoms with E-state index in [-0.39, 0.29) is 12.7 Å². The quantitative estimate of drug-likeness (QED) is 0.687. The number of aromatic nitrogens is 3. The summed E-state index contributed by atoms with van der Waals surface area (Å²) in [7, 11) is 0. The van der Waals surface area contributed by atoms with E-state index in [1.807, 2.05) is 6.07 Å². The number of piperidine rings is 1. The van der Waals surface area contributed by atoms with Crippen LogP contribution in [0.4, 0.5) is 20.7 Å². The second-order valence-corrected chi connectivity index (χ2v) is 7.11. The van der Waals surface area contributed by atoms with Crippen molar-refractivity contribution in [1.29, 1.82) is 0 Å². The second kappa shape index (κ2) is 8.91. The van der Waals surface area contributed by atoms with E-state index in [0.717, 1.165) is 36.8 Å². The summed E-state index contributed by atoms with van der Waals surface area (Å²) in [5, 5.41) is 6.44. The number of carbonyl (C=O) groups is 1. The highest BCUT2D eigenvalue weighted by atomic mass is 19.1. The third-order valence-corrected chi connectivity index (χ3v) is 5.28. The number of nitrogens with one attached hydrogen (secondary N) is 2. The fourth-order valence-corrected chi connectivity index (χ4v) is 3.77. The fraction of sp³-hybridized carbons (Fsp3) is 0.333. The van der Waals surface area contributed by atoms with E-state index in [9.17, 15) is 9.18 Å². The lowest BCUT2D eigenvalue weighted by atomic mass is 9.88. The number of anilines is 2. The standard InChI is InChI=1S/C21H23FN6O/c22-6-12-28-10-4-15(5-11-28)16-1-2-18-17(13-16)19(3-7-24-18)26-21(29)27-20-14-23-8-9-25-20/h1-3,7-9,13-15H,4-6,10-12H2,(H2,24,25,26,27,29). The van der Waals surface area contributed by atoms with Gasteiger partial charge in [0.05, 0.1) is 17.4 Å². The van der Waals surface area contributed by atoms with Gasteiger partial charge in [-0.15, -0.1) is 0 Å². The molecule has 1 saturated heterocycles. The van der Waals surface area contributed by atoms with E-state index >= 15 is 0 Å². The summed E-state index contributed by atoms with van der Waals surface area (Å²) in [6, 6.07) is 7.60. The molecule has 0 radical (unpaired) electrons. The summed E-state index contributed by atoms with van der Waals surface area (Å²) >= 11 is 0. The van der Waals surface area contributed by atoms with Crippen molar-refractivity contribution >= 4 is 28.4 Å². The van der Waals surface area contributed by atoms with Gasteiger partial charge >= 0.3 is 6.03 Å². The molecule has 2 amide bonds. The molecule has 1 aliphatic rings. The van der Waals surface area contributed by atoms with Gasteiger partial charge in [0, 0.05) is 30.5 Å². The first-order valence-corrected chi connectivity index (χ1v) is 9.74. The summed E-state index contributed by atoms with van der Waals surface area (Å²) in [4.78, 5) is 26.9. The van der Waals surface area contributed by atoms with Gasteiger partial charge in [0.2, 0.25) is 0 Å². The molecule has 0 bridgehead atoms. The molecule has 3 heterocycles. The smallest absolute Gasteiger partial charge is 0.307 e. The maximum Gasteiger partial charge on any atom is 0.324 e. The van der Waals surface area contributed by atoms with Crippen LogP contribution in [-0.4, -0.2) is 52.2 Å². The Morgan fingerprint density at radius 1 is 1.10 bits per heavy atom. The van der Waals surface area contributed by atoms with Crippen LogP contribution in [0.25, 0.3) is 10.9 Å². The van der Waals surface area contributed by atoms with E-state index in [0.29, 0.717) is 24.0 Å². The number of rotatable bonds is 5. The number of hydrogen-bond donors (Lipinski definition) is 2. The Kier molecular flexibility index (Phi) is 5.90. The molecule has 1 aromatic carbocycles. The largest absolute Gasteiger partial charge is 0.324 e. The predicted molar refractivity (Wildman–Crippen MR) is 111 cm³/mol. The lowest BCUT2D eigenvalue weighted by Gasteiger charge is -2.31. The molecule has 2 aromatic heterocycles. The average molecular weight is 394 g/mol. The van der Waals surface area contributed by atoms with Crippen LogP contribution < -0.4 is 10.6 Å². The lowest BCUT2D eigenvalue weighted by molar-refractivity contribution is 0.197. The normalized spacial score (nSPS) is 15.3. The van der Waals surface area contributed by atoms with Crippen LogP contribution in [0.15, 0.2) is 49.1 Å². The molecule has 2 N–H and O–H groups in total. The van der Waals surface area contributed by atoms with Gasteiger partial charge in [-0.25, -0.2) is 14.2 Å². The van der Waals surface area contributed by atoms with E-state index in [4.69, 9.17) is 0 Å². The molecule has 29 heavy (non-hydrogen) atoms. The summed E-state index contributed by atoms with van der Waals surface area (Å²) in [6.07, 6.45) is 8.22. The number of halogens is 1. The van der Waals surface area contributed by atoms with Gasteiger partial charge in [-0.1, -0.05) is 6.07 Å². The number of pyridine rings is 1. The van der Waals surface area contributed by atoms with Crippen LogP contribution in [0, 0.1) is 0 Å². The molecule has 3 aromatic rings. The first-order valence-electron chi connectivity index (χ1n) is 9.74. The number of alkyl halides is 1. The van der Waals surface area contributed by atoms with E-state index in [2.05, 4.69) is 42.6 Å². The molecule has 0 atom stereocenters. The molecule has 0 unspecified atom stereocenters. The SMILES string of the molecule is O=C(Nc1cnccn1)Nc1ccnc2ccc(C3CCN(CCF)CC3)cc12. The lowest BCUT2D eigenvalue weighted by Crippen LogP contribution is -2.34. The zero-order valence-corrected chi connectivity index (χ0v) is 16.0. The van der Waals surface area contributed by atoms with Crippen LogP contribution in [0.2, 0.25) is 0 Å². The van der Waals surface area contributed by atoms with Gasteiger partial charge < -0.3 is 10.2 Å². The molecule has 1 fully saturated rings. The number of carbonyl (C=O) groups excluding carboxylic acids is 1. The van der Waals surface area contributed by atoms with Crippen LogP contribution in [0.5, 0.6) is 0 Å². The van der Waals surface area contributed by atoms with Crippen molar-refractivity contribution in [2.24, 2.45) is 0 Å². The Labute approximate surface area is 168 Å². The molecule has 0 aliphatic carbocycles. The highest BCUT2D eigenvalue weighted by Crippen LogP contribution is 2.32. The topological polar surface area (TPSA) is 83.0 Å². The first-order chi connectivity index (χ1) is 14.2. The van der Waals surface area contributed by atoms with Crippen molar-refractivity contribution < 1.29 is 9.18 Å². The number of amides is 2. The minimum atomic E-state index is -0.386. The predicted octanol–water partition coefficient (Wildman–Crippen LogP) is 3.82. The zero-order valence-electron chi connectivity index (χ0n) is 16.0. The number of hydrogen-bond acceptors (Lipinski definition) is 5. The molecule has 0 saturated carbocycles. The zero-order chi connectivity index (χ0) is 20.1. The Balaban J connectivity index is 1.51. The van der Waals surface area contributed by atoms with Crippen molar-refractivity contribution in [3.63, 3.8) is 0 Å². The Morgan fingerprint density at radius 3 is 2.72 bits per heavy atom. The molecule has 8 heteroatoms. The number of fused-ring (bicyclic) bond motifs is 1. The van der Waals surface area contributed by atoms with E-state index < -0.39 is 0 Å². The van der Waals surface area contributed by atoms with Crippen LogP contribution in [0.3, 0.4) is 0 Å². The number of nitrogens with zero attached hydrogens (tertiary/aromatic N) is 4. The van der Waals surface area contributed by atoms with E-state index in [1.165, 1.54) is 18.0 Å². The van der Waals surface area contributed by atoms with Crippen molar-refractivity contribution in [2.75, 3.05) is 36.9 Å². The van der Waals surface area contributed by atoms with Crippen molar-refractivity contribution in [3.05, 3.63) is 54.6 Å². The molecular formula is C21H23FN6O. The summed E-state index contributed by atoms with van der Waals surface area (Å²) in [5.41, 5.74) is 2.73. The van der Waals surface area contributed by atoms with Crippen LogP contribution >= 0.6 is 0 Å². The third kappa shape index (κ3) is 4.65. The van der Waals surface area contributed by atoms with Crippen molar-refractivity contribution in [2.45, 2.75) is 18.8 Å². The average Bonchev–Trinajstić information content (AvgIpc) is 2.75. The van der Waals surface area contributed by atoms with Crippen molar-refractivity contribution in [3.8, 4) is 0 Å². The highest BCUT2D eigenvalue weighted by molar-refractivity contribution is 6.05. The number of urea groups is 1. The van der Waals surface area contributed by atoms with Gasteiger partial charge in [0.15, 0.2) is 5.82 Å². The fourth-order valence-electron chi connectivity index (χ4n) is 3.77. The van der Waals surface area contributed by atoms with Gasteiger partial charge in [-0.3, -0.25) is 15.3 Å². The summed E-state index contributed by atoms with van der Waals surface area (Å²) < 4.78 is 12.6. The van der Waals surface area contributed by atoms with Gasteiger partial charge in [0.1, 0.15) is 6.67 Å². The maximum atomic E-state index is 12.6. The second-order valence-electron chi connectivity index (χ2n) is 7.11. The molecule has 4 rings (SSSR count). The van der Waals surface area contributed by atoms with Gasteiger partial charge in [-0.2, -0.15) is 0 Å². The Hall–Kier alpha value is -3.13. The van der Waals surface area contributed by atoms with Crippen molar-refractivity contribution in [1.82, 2.24) is 19.9 Å². The highest BCUT2D eigenvalue weighted by Gasteiger charge is 2.21. The van der Waals surface area contributed by atoms with Crippen LogP contribution in [-0.2, 0) is 0 Å². The first kappa shape index (κ1) is 19.2. The van der Waals surface area contributed by atoms with Gasteiger partial charge in [-0.05, 0) is 55.6 Å². The summed E-state index contributed by atoms with van der Waals surface area (Å²) in [5.74, 6) is 0.806. The Morgan fingerprint density at radius 2 is 1.97 bits per heavy atom. The number of benzene rings is 1. The third-order valence-electron chi connectivity index (χ3n) is 5.28. The van der Waals surface area contributed by atoms with Crippen LogP contribution in [0.1, 0.15) is 24.3 Å². The molecule has 150 valence electrons. The monoisotopic (exact) mass is 394 g/mol. The minimum Gasteiger partial charge on any atom is -0.307 e. The van der Waals surface area contributed by atoms with E-state index in [1.54, 1.807) is 18.5 Å². The summed E-state index contributed by atoms with van der Waals surface area (Å²) in [6.45, 7) is 2.04. The van der Waals surface area contributed by atoms with Gasteiger partial charge in [0.25, 0.3) is 0 Å². The molecule has 0 spiro atoms. The maximum absolute atomic E-state index is 12.6. The number of likely N-dealkylation sites (tertiary alicyclic amines) is 1. The molecule has 1 aliphatic heterocycles. The minimum absolute atomic E-state index is 0.294.